The van der Waals surface area contributed by atoms with Crippen molar-refractivity contribution in [3.8, 4) is 0 Å². The van der Waals surface area contributed by atoms with Gasteiger partial charge in [0.1, 0.15) is 5.70 Å². The van der Waals surface area contributed by atoms with Gasteiger partial charge in [-0.15, -0.1) is 0 Å². The normalized spacial score (nSPS) is 23.4. The van der Waals surface area contributed by atoms with Crippen LogP contribution in [0.2, 0.25) is 0 Å². The molecule has 2 amide bonds. The molecule has 10 nitrogen and oxygen atoms in total. The summed E-state index contributed by atoms with van der Waals surface area (Å²) < 4.78 is 32.6. The average molecular weight is 420 g/mol. The fourth-order valence-corrected chi connectivity index (χ4v) is 4.71. The largest absolute Gasteiger partial charge is 0.477 e. The number of carbonyl (C=O) groups is 3. The second-order valence-electron chi connectivity index (χ2n) is 5.82. The Morgan fingerprint density at radius 1 is 1.48 bits per heavy atom. The molecule has 2 heterocycles. The van der Waals surface area contributed by atoms with Gasteiger partial charge in [-0.05, 0) is 19.3 Å². The van der Waals surface area contributed by atoms with Crippen LogP contribution in [0, 0.1) is 5.92 Å². The summed E-state index contributed by atoms with van der Waals surface area (Å²) in [6.45, 7) is 4.15. The number of β-lactam (4-membered cyclic amide) rings is 1. The van der Waals surface area contributed by atoms with Crippen LogP contribution in [0.5, 0.6) is 0 Å². The van der Waals surface area contributed by atoms with Crippen molar-refractivity contribution < 1.29 is 36.3 Å². The van der Waals surface area contributed by atoms with Gasteiger partial charge in [-0.1, -0.05) is 11.8 Å². The number of hydrogen-bond donors (Lipinski definition) is 2. The second kappa shape index (κ2) is 8.42. The molecule has 0 radical (unpaired) electrons. The standard InChI is InChI=1S/C15H20N2O8S2/c1-4-24-27(22,23)25-8(2)12-10-7-11(26-6-5-16-9(3)18)13(15(20)21)17(10)14(12)19/h5-6,8,10,12H,4,7H2,1-3H3,(H,16,18)(H,20,21)/t8-,10+,12-/m0/s1. The molecule has 2 N–H and O–H groups in total. The zero-order valence-electron chi connectivity index (χ0n) is 14.9. The summed E-state index contributed by atoms with van der Waals surface area (Å²) in [6.07, 6.45) is 0.620. The average Bonchev–Trinajstić information content (AvgIpc) is 2.85. The summed E-state index contributed by atoms with van der Waals surface area (Å²) in [6, 6.07) is -0.507. The van der Waals surface area contributed by atoms with Crippen molar-refractivity contribution in [1.82, 2.24) is 10.2 Å². The van der Waals surface area contributed by atoms with Crippen molar-refractivity contribution in [2.45, 2.75) is 39.3 Å². The van der Waals surface area contributed by atoms with Crippen molar-refractivity contribution >= 4 is 39.9 Å². The molecule has 2 aliphatic heterocycles. The van der Waals surface area contributed by atoms with Crippen LogP contribution in [0.4, 0.5) is 0 Å². The Hall–Kier alpha value is -1.89. The molecule has 150 valence electrons. The van der Waals surface area contributed by atoms with Crippen LogP contribution in [0.25, 0.3) is 0 Å². The highest BCUT2D eigenvalue weighted by atomic mass is 32.3. The number of hydrogen-bond acceptors (Lipinski definition) is 8. The lowest BCUT2D eigenvalue weighted by molar-refractivity contribution is -0.160. The van der Waals surface area contributed by atoms with E-state index < -0.39 is 40.3 Å². The second-order valence-corrected chi connectivity index (χ2v) is 8.06. The van der Waals surface area contributed by atoms with Gasteiger partial charge < -0.3 is 15.3 Å². The number of rotatable bonds is 9. The minimum Gasteiger partial charge on any atom is -0.477 e. The molecule has 3 atom stereocenters. The SMILES string of the molecule is CCOS(=O)(=O)O[C@@H](C)[C@@H]1C(=O)N2C(C(=O)O)=C(SC=CNC(C)=O)C[C@H]12. The molecule has 0 bridgehead atoms. The topological polar surface area (TPSA) is 139 Å². The fraction of sp³-hybridized carbons (Fsp3) is 0.533. The van der Waals surface area contributed by atoms with Crippen LogP contribution in [0.15, 0.2) is 22.2 Å². The molecule has 1 saturated heterocycles. The lowest BCUT2D eigenvalue weighted by Crippen LogP contribution is -2.62. The first-order chi connectivity index (χ1) is 12.6. The molecule has 0 saturated carbocycles. The van der Waals surface area contributed by atoms with E-state index in [-0.39, 0.29) is 24.6 Å². The molecule has 2 aliphatic rings. The molecule has 0 aliphatic carbocycles. The Balaban J connectivity index is 2.11. The molecular formula is C15H20N2O8S2. The summed E-state index contributed by atoms with van der Waals surface area (Å²) in [5.41, 5.74) is -0.140. The zero-order valence-corrected chi connectivity index (χ0v) is 16.5. The summed E-state index contributed by atoms with van der Waals surface area (Å²) in [5.74, 6) is -2.84. The third kappa shape index (κ3) is 4.69. The van der Waals surface area contributed by atoms with Crippen LogP contribution in [-0.4, -0.2) is 55.0 Å². The molecular weight excluding hydrogens is 400 g/mol. The molecule has 1 fully saturated rings. The fourth-order valence-electron chi connectivity index (χ4n) is 3.01. The molecule has 0 spiro atoms. The minimum atomic E-state index is -4.23. The molecule has 12 heteroatoms. The number of fused-ring (bicyclic) bond motifs is 1. The van der Waals surface area contributed by atoms with Crippen molar-refractivity contribution in [1.29, 1.82) is 0 Å². The maximum absolute atomic E-state index is 12.4. The van der Waals surface area contributed by atoms with Crippen LogP contribution in [0.1, 0.15) is 27.2 Å². The molecule has 0 unspecified atom stereocenters. The number of nitrogens with one attached hydrogen (secondary N) is 1. The van der Waals surface area contributed by atoms with E-state index in [4.69, 9.17) is 4.18 Å². The van der Waals surface area contributed by atoms with Crippen molar-refractivity contribution in [3.05, 3.63) is 22.2 Å². The summed E-state index contributed by atoms with van der Waals surface area (Å²) in [4.78, 5) is 36.4. The predicted octanol–water partition coefficient (Wildman–Crippen LogP) is 0.540. The van der Waals surface area contributed by atoms with E-state index in [0.29, 0.717) is 4.91 Å². The Kier molecular flexibility index (Phi) is 6.68. The summed E-state index contributed by atoms with van der Waals surface area (Å²) in [7, 11) is -4.23. The van der Waals surface area contributed by atoms with Crippen LogP contribution in [-0.2, 0) is 33.1 Å². The Morgan fingerprint density at radius 3 is 2.70 bits per heavy atom. The van der Waals surface area contributed by atoms with Crippen LogP contribution < -0.4 is 5.32 Å². The highest BCUT2D eigenvalue weighted by Gasteiger charge is 2.57. The van der Waals surface area contributed by atoms with E-state index in [2.05, 4.69) is 9.50 Å². The van der Waals surface area contributed by atoms with Gasteiger partial charge in [-0.25, -0.2) is 13.2 Å². The Morgan fingerprint density at radius 2 is 2.15 bits per heavy atom. The third-order valence-corrected chi connectivity index (χ3v) is 5.95. The lowest BCUT2D eigenvalue weighted by atomic mass is 9.83. The van der Waals surface area contributed by atoms with Gasteiger partial charge in [0.15, 0.2) is 0 Å². The van der Waals surface area contributed by atoms with Crippen molar-refractivity contribution in [2.75, 3.05) is 6.61 Å². The number of aliphatic carboxylic acids is 1. The van der Waals surface area contributed by atoms with E-state index in [0.717, 1.165) is 16.7 Å². The molecule has 27 heavy (non-hydrogen) atoms. The maximum Gasteiger partial charge on any atom is 0.400 e. The molecule has 0 aromatic heterocycles. The monoisotopic (exact) mass is 420 g/mol. The Labute approximate surface area is 160 Å². The minimum absolute atomic E-state index is 0.102. The highest BCUT2D eigenvalue weighted by Crippen LogP contribution is 2.47. The van der Waals surface area contributed by atoms with Gasteiger partial charge in [-0.3, -0.25) is 9.59 Å². The number of carboxylic acid groups (broad SMARTS) is 1. The van der Waals surface area contributed by atoms with E-state index in [1.165, 1.54) is 32.4 Å². The first-order valence-corrected chi connectivity index (χ1v) is 10.3. The third-order valence-electron chi connectivity index (χ3n) is 3.97. The number of amides is 2. The van der Waals surface area contributed by atoms with E-state index in [9.17, 15) is 27.9 Å². The predicted molar refractivity (Wildman–Crippen MR) is 95.0 cm³/mol. The van der Waals surface area contributed by atoms with E-state index >= 15 is 0 Å². The maximum atomic E-state index is 12.4. The summed E-state index contributed by atoms with van der Waals surface area (Å²) in [5, 5.41) is 13.4. The van der Waals surface area contributed by atoms with Crippen molar-refractivity contribution in [2.24, 2.45) is 5.92 Å². The van der Waals surface area contributed by atoms with Crippen LogP contribution in [0.3, 0.4) is 0 Å². The number of carboxylic acids is 1. The zero-order chi connectivity index (χ0) is 20.4. The molecule has 0 aromatic carbocycles. The van der Waals surface area contributed by atoms with Gasteiger partial charge >= 0.3 is 16.4 Å². The van der Waals surface area contributed by atoms with Gasteiger partial charge in [0.2, 0.25) is 11.8 Å². The first kappa shape index (κ1) is 21.4. The Bertz CT molecular complexity index is 805. The van der Waals surface area contributed by atoms with Gasteiger partial charge in [0, 0.05) is 24.4 Å². The molecule has 0 aromatic rings. The van der Waals surface area contributed by atoms with E-state index in [1.54, 1.807) is 0 Å². The van der Waals surface area contributed by atoms with Gasteiger partial charge in [0.25, 0.3) is 0 Å². The van der Waals surface area contributed by atoms with E-state index in [1.807, 2.05) is 0 Å². The van der Waals surface area contributed by atoms with Crippen molar-refractivity contribution in [3.63, 3.8) is 0 Å². The lowest BCUT2D eigenvalue weighted by Gasteiger charge is -2.45. The number of carbonyl (C=O) groups excluding carboxylic acids is 2. The number of nitrogens with zero attached hydrogens (tertiary/aromatic N) is 1. The van der Waals surface area contributed by atoms with Gasteiger partial charge in [-0.2, -0.15) is 8.42 Å². The summed E-state index contributed by atoms with van der Waals surface area (Å²) >= 11 is 1.07. The number of thioether (sulfide) groups is 1. The van der Waals surface area contributed by atoms with Gasteiger partial charge in [0.05, 0.1) is 24.7 Å². The molecule has 2 rings (SSSR count). The highest BCUT2D eigenvalue weighted by molar-refractivity contribution is 8.05. The quantitative estimate of drug-likeness (QED) is 0.512. The first-order valence-electron chi connectivity index (χ1n) is 8.05. The smallest absolute Gasteiger partial charge is 0.400 e. The van der Waals surface area contributed by atoms with Crippen LogP contribution >= 0.6 is 11.8 Å².